The topological polar surface area (TPSA) is 127 Å². The van der Waals surface area contributed by atoms with Crippen LogP contribution in [0.15, 0.2) is 41.7 Å². The molecule has 3 aromatic rings. The van der Waals surface area contributed by atoms with Gasteiger partial charge in [-0.15, -0.1) is 10.2 Å². The summed E-state index contributed by atoms with van der Waals surface area (Å²) in [5, 5.41) is 14.3. The molecule has 0 aliphatic heterocycles. The third-order valence-corrected chi connectivity index (χ3v) is 5.57. The fourth-order valence-electron chi connectivity index (χ4n) is 2.80. The Kier molecular flexibility index (Phi) is 6.63. The molecule has 0 fully saturated rings. The maximum absolute atomic E-state index is 12.4. The van der Waals surface area contributed by atoms with Gasteiger partial charge in [0.1, 0.15) is 17.5 Å². The Hall–Kier alpha value is -3.05. The van der Waals surface area contributed by atoms with Gasteiger partial charge in [0, 0.05) is 38.4 Å². The first kappa shape index (κ1) is 21.7. The zero-order valence-electron chi connectivity index (χ0n) is 17.4. The van der Waals surface area contributed by atoms with Gasteiger partial charge in [-0.2, -0.15) is 0 Å². The summed E-state index contributed by atoms with van der Waals surface area (Å²) in [5.74, 6) is 2.65. The van der Waals surface area contributed by atoms with Gasteiger partial charge in [-0.3, -0.25) is 0 Å². The van der Waals surface area contributed by atoms with Crippen LogP contribution in [-0.4, -0.2) is 46.2 Å². The van der Waals surface area contributed by atoms with Gasteiger partial charge in [0.25, 0.3) is 10.0 Å². The number of sulfonamides is 1. The minimum Gasteiger partial charge on any atom is -0.367 e. The Balaban J connectivity index is 1.50. The molecule has 3 rings (SSSR count). The van der Waals surface area contributed by atoms with Crippen molar-refractivity contribution in [1.82, 2.24) is 29.5 Å². The van der Waals surface area contributed by atoms with Crippen LogP contribution in [0.3, 0.4) is 0 Å². The molecule has 0 radical (unpaired) electrons. The second-order valence-electron chi connectivity index (χ2n) is 7.17. The molecule has 11 heteroatoms. The van der Waals surface area contributed by atoms with Crippen LogP contribution in [0, 0.1) is 6.92 Å². The molecule has 30 heavy (non-hydrogen) atoms. The van der Waals surface area contributed by atoms with E-state index in [2.05, 4.69) is 35.5 Å². The SMILES string of the molecule is Cc1ccnc(Nc2ccc(NCCNS(=O)(=O)c3cn(C)c(C(C)C)n3)nn2)c1. The van der Waals surface area contributed by atoms with Crippen LogP contribution in [-0.2, 0) is 17.1 Å². The Bertz CT molecular complexity index is 1090. The summed E-state index contributed by atoms with van der Waals surface area (Å²) in [6.45, 7) is 6.45. The van der Waals surface area contributed by atoms with Crippen molar-refractivity contribution < 1.29 is 8.42 Å². The lowest BCUT2D eigenvalue weighted by atomic mass is 10.2. The van der Waals surface area contributed by atoms with E-state index < -0.39 is 10.0 Å². The number of hydrogen-bond donors (Lipinski definition) is 3. The lowest BCUT2D eigenvalue weighted by Crippen LogP contribution is -2.29. The molecule has 0 bridgehead atoms. The van der Waals surface area contributed by atoms with E-state index in [0.717, 1.165) is 11.4 Å². The number of anilines is 3. The smallest absolute Gasteiger partial charge is 0.259 e. The largest absolute Gasteiger partial charge is 0.367 e. The van der Waals surface area contributed by atoms with Gasteiger partial charge >= 0.3 is 0 Å². The molecule has 0 aliphatic rings. The van der Waals surface area contributed by atoms with E-state index in [4.69, 9.17) is 0 Å². The first-order valence-electron chi connectivity index (χ1n) is 9.55. The molecule has 0 unspecified atom stereocenters. The minimum atomic E-state index is -3.67. The number of imidazole rings is 1. The van der Waals surface area contributed by atoms with Crippen molar-refractivity contribution in [2.24, 2.45) is 7.05 Å². The number of rotatable bonds is 9. The fraction of sp³-hybridized carbons (Fsp3) is 0.368. The van der Waals surface area contributed by atoms with Crippen LogP contribution in [0.25, 0.3) is 0 Å². The quantitative estimate of drug-likeness (QED) is 0.441. The van der Waals surface area contributed by atoms with Crippen molar-refractivity contribution in [3.05, 3.63) is 48.0 Å². The van der Waals surface area contributed by atoms with Crippen molar-refractivity contribution in [2.75, 3.05) is 23.7 Å². The lowest BCUT2D eigenvalue weighted by Gasteiger charge is -2.08. The molecular weight excluding hydrogens is 404 g/mol. The first-order valence-corrected chi connectivity index (χ1v) is 11.0. The van der Waals surface area contributed by atoms with Gasteiger partial charge in [0.2, 0.25) is 0 Å². The average Bonchev–Trinajstić information content (AvgIpc) is 3.10. The van der Waals surface area contributed by atoms with Crippen LogP contribution in [0.4, 0.5) is 17.5 Å². The van der Waals surface area contributed by atoms with E-state index >= 15 is 0 Å². The first-order chi connectivity index (χ1) is 14.2. The van der Waals surface area contributed by atoms with Gasteiger partial charge in [0.15, 0.2) is 10.8 Å². The van der Waals surface area contributed by atoms with Gasteiger partial charge in [-0.1, -0.05) is 13.8 Å². The monoisotopic (exact) mass is 430 g/mol. The zero-order chi connectivity index (χ0) is 21.7. The molecule has 0 aliphatic carbocycles. The Morgan fingerprint density at radius 2 is 1.80 bits per heavy atom. The molecule has 0 atom stereocenters. The van der Waals surface area contributed by atoms with E-state index in [1.165, 1.54) is 6.20 Å². The third-order valence-electron chi connectivity index (χ3n) is 4.24. The molecule has 10 nitrogen and oxygen atoms in total. The van der Waals surface area contributed by atoms with Crippen LogP contribution >= 0.6 is 0 Å². The minimum absolute atomic E-state index is 0.0219. The number of nitrogens with one attached hydrogen (secondary N) is 3. The molecule has 3 N–H and O–H groups in total. The second kappa shape index (κ2) is 9.18. The fourth-order valence-corrected chi connectivity index (χ4v) is 3.83. The predicted octanol–water partition coefficient (Wildman–Crippen LogP) is 2.17. The number of nitrogens with zero attached hydrogens (tertiary/aromatic N) is 5. The van der Waals surface area contributed by atoms with E-state index in [9.17, 15) is 8.42 Å². The van der Waals surface area contributed by atoms with Crippen molar-refractivity contribution in [3.8, 4) is 0 Å². The van der Waals surface area contributed by atoms with Gasteiger partial charge in [0.05, 0.1) is 0 Å². The summed E-state index contributed by atoms with van der Waals surface area (Å²) in [6.07, 6.45) is 3.24. The average molecular weight is 431 g/mol. The highest BCUT2D eigenvalue weighted by Gasteiger charge is 2.20. The molecule has 0 amide bonds. The lowest BCUT2D eigenvalue weighted by molar-refractivity contribution is 0.579. The summed E-state index contributed by atoms with van der Waals surface area (Å²) >= 11 is 0. The Morgan fingerprint density at radius 3 is 2.43 bits per heavy atom. The van der Waals surface area contributed by atoms with E-state index in [1.54, 1.807) is 29.9 Å². The van der Waals surface area contributed by atoms with Crippen molar-refractivity contribution in [1.29, 1.82) is 0 Å². The molecule has 3 aromatic heterocycles. The molecular formula is C19H26N8O2S. The van der Waals surface area contributed by atoms with Crippen LogP contribution in [0.1, 0.15) is 31.2 Å². The molecule has 0 spiro atoms. The van der Waals surface area contributed by atoms with Crippen LogP contribution in [0.5, 0.6) is 0 Å². The highest BCUT2D eigenvalue weighted by Crippen LogP contribution is 2.16. The molecule has 0 aromatic carbocycles. The highest BCUT2D eigenvalue weighted by atomic mass is 32.2. The molecule has 0 saturated heterocycles. The molecule has 3 heterocycles. The molecule has 160 valence electrons. The van der Waals surface area contributed by atoms with E-state index in [-0.39, 0.29) is 17.5 Å². The summed E-state index contributed by atoms with van der Waals surface area (Å²) < 4.78 is 29.1. The predicted molar refractivity (Wildman–Crippen MR) is 115 cm³/mol. The van der Waals surface area contributed by atoms with Crippen molar-refractivity contribution in [2.45, 2.75) is 31.7 Å². The maximum atomic E-state index is 12.4. The number of aryl methyl sites for hydroxylation is 2. The van der Waals surface area contributed by atoms with Crippen molar-refractivity contribution in [3.63, 3.8) is 0 Å². The maximum Gasteiger partial charge on any atom is 0.259 e. The highest BCUT2D eigenvalue weighted by molar-refractivity contribution is 7.89. The van der Waals surface area contributed by atoms with Gasteiger partial charge in [-0.05, 0) is 36.8 Å². The van der Waals surface area contributed by atoms with Crippen molar-refractivity contribution >= 4 is 27.5 Å². The van der Waals surface area contributed by atoms with E-state index in [0.29, 0.717) is 24.0 Å². The summed E-state index contributed by atoms with van der Waals surface area (Å²) in [5.41, 5.74) is 1.09. The Labute approximate surface area is 176 Å². The third kappa shape index (κ3) is 5.51. The normalized spacial score (nSPS) is 11.6. The molecule has 0 saturated carbocycles. The number of aromatic nitrogens is 5. The standard InChI is InChI=1S/C19H26N8O2S/c1-13(2)19-24-18(12-27(19)4)30(28,29)22-10-9-21-15-5-6-16(26-25-15)23-17-11-14(3)7-8-20-17/h5-8,11-13,22H,9-10H2,1-4H3,(H,21,25)(H,20,23,26). The van der Waals surface area contributed by atoms with Crippen LogP contribution < -0.4 is 15.4 Å². The zero-order valence-corrected chi connectivity index (χ0v) is 18.2. The van der Waals surface area contributed by atoms with Crippen LogP contribution in [0.2, 0.25) is 0 Å². The van der Waals surface area contributed by atoms with E-state index in [1.807, 2.05) is 32.9 Å². The van der Waals surface area contributed by atoms with Gasteiger partial charge < -0.3 is 15.2 Å². The Morgan fingerprint density at radius 1 is 1.07 bits per heavy atom. The number of hydrogen-bond acceptors (Lipinski definition) is 8. The second-order valence-corrected chi connectivity index (χ2v) is 8.89. The summed E-state index contributed by atoms with van der Waals surface area (Å²) in [4.78, 5) is 8.44. The number of pyridine rings is 1. The van der Waals surface area contributed by atoms with Gasteiger partial charge in [-0.25, -0.2) is 23.1 Å². The summed E-state index contributed by atoms with van der Waals surface area (Å²) in [6, 6.07) is 7.35. The summed E-state index contributed by atoms with van der Waals surface area (Å²) in [7, 11) is -1.88.